The molecule has 0 fully saturated rings. The molecule has 0 aromatic heterocycles. The molecule has 0 heterocycles. The Hall–Kier alpha value is -1.03. The summed E-state index contributed by atoms with van der Waals surface area (Å²) in [4.78, 5) is 0.337. The van der Waals surface area contributed by atoms with Crippen molar-refractivity contribution in [2.24, 2.45) is 0 Å². The fourth-order valence-electron chi connectivity index (χ4n) is 1.23. The number of hydrogen-bond donors (Lipinski definition) is 0. The first-order chi connectivity index (χ1) is 6.95. The van der Waals surface area contributed by atoms with Crippen LogP contribution in [0.3, 0.4) is 0 Å². The van der Waals surface area contributed by atoms with Gasteiger partial charge in [0, 0.05) is 6.26 Å². The summed E-state index contributed by atoms with van der Waals surface area (Å²) in [6.07, 6.45) is 2.14. The number of hydrogen-bond acceptors (Lipinski definition) is 3. The van der Waals surface area contributed by atoms with Crippen LogP contribution < -0.4 is 4.74 Å². The van der Waals surface area contributed by atoms with Crippen molar-refractivity contribution < 1.29 is 13.2 Å². The molecule has 0 aliphatic heterocycles. The van der Waals surface area contributed by atoms with Crippen LogP contribution >= 0.6 is 0 Å². The Bertz CT molecular complexity index is 435. The number of sulfone groups is 1. The van der Waals surface area contributed by atoms with Gasteiger partial charge in [0.05, 0.1) is 11.5 Å². The SMILES string of the molecule is CCCOc1ccc(S(C)(=O)=O)cc1C. The Morgan fingerprint density at radius 3 is 2.47 bits per heavy atom. The van der Waals surface area contributed by atoms with E-state index in [2.05, 4.69) is 0 Å². The lowest BCUT2D eigenvalue weighted by Gasteiger charge is -2.08. The van der Waals surface area contributed by atoms with Crippen molar-refractivity contribution in [3.63, 3.8) is 0 Å². The molecule has 0 aliphatic rings. The molecule has 0 atom stereocenters. The molecule has 0 saturated heterocycles. The molecule has 0 spiro atoms. The van der Waals surface area contributed by atoms with E-state index in [1.54, 1.807) is 18.2 Å². The molecule has 4 heteroatoms. The minimum absolute atomic E-state index is 0.337. The first-order valence-electron chi connectivity index (χ1n) is 4.88. The van der Waals surface area contributed by atoms with Crippen LogP contribution in [0.1, 0.15) is 18.9 Å². The summed E-state index contributed by atoms with van der Waals surface area (Å²) in [5, 5.41) is 0. The summed E-state index contributed by atoms with van der Waals surface area (Å²) < 4.78 is 28.0. The molecule has 1 aromatic carbocycles. The van der Waals surface area contributed by atoms with Crippen LogP contribution in [0, 0.1) is 6.92 Å². The van der Waals surface area contributed by atoms with Gasteiger partial charge >= 0.3 is 0 Å². The van der Waals surface area contributed by atoms with Crippen molar-refractivity contribution in [2.45, 2.75) is 25.2 Å². The first-order valence-corrected chi connectivity index (χ1v) is 6.78. The van der Waals surface area contributed by atoms with Gasteiger partial charge in [0.2, 0.25) is 0 Å². The minimum atomic E-state index is -3.12. The third-order valence-corrected chi connectivity index (χ3v) is 3.15. The predicted octanol–water partition coefficient (Wildman–Crippen LogP) is 2.19. The fourth-order valence-corrected chi connectivity index (χ4v) is 1.93. The standard InChI is InChI=1S/C11H16O3S/c1-4-7-14-11-6-5-10(8-9(11)2)15(3,12)13/h5-6,8H,4,7H2,1-3H3. The maximum Gasteiger partial charge on any atom is 0.175 e. The van der Waals surface area contributed by atoms with Gasteiger partial charge in [-0.3, -0.25) is 0 Å². The lowest BCUT2D eigenvalue weighted by Crippen LogP contribution is -2.00. The molecule has 1 aromatic rings. The Kier molecular flexibility index (Phi) is 3.74. The lowest BCUT2D eigenvalue weighted by molar-refractivity contribution is 0.315. The van der Waals surface area contributed by atoms with Crippen LogP contribution in [0.4, 0.5) is 0 Å². The van der Waals surface area contributed by atoms with Crippen molar-refractivity contribution >= 4 is 9.84 Å². The predicted molar refractivity (Wildman–Crippen MR) is 60.1 cm³/mol. The minimum Gasteiger partial charge on any atom is -0.493 e. The summed E-state index contributed by atoms with van der Waals surface area (Å²) in [7, 11) is -3.12. The monoisotopic (exact) mass is 228 g/mol. The smallest absolute Gasteiger partial charge is 0.175 e. The highest BCUT2D eigenvalue weighted by molar-refractivity contribution is 7.90. The summed E-state index contributed by atoms with van der Waals surface area (Å²) in [6, 6.07) is 4.93. The van der Waals surface area contributed by atoms with Crippen LogP contribution in [-0.2, 0) is 9.84 Å². The molecule has 0 radical (unpaired) electrons. The average molecular weight is 228 g/mol. The topological polar surface area (TPSA) is 43.4 Å². The Balaban J connectivity index is 2.99. The van der Waals surface area contributed by atoms with Crippen LogP contribution in [0.15, 0.2) is 23.1 Å². The zero-order valence-corrected chi connectivity index (χ0v) is 10.1. The Labute approximate surface area is 91.0 Å². The normalized spacial score (nSPS) is 11.4. The summed E-state index contributed by atoms with van der Waals surface area (Å²) in [5.74, 6) is 0.754. The molecular weight excluding hydrogens is 212 g/mol. The summed E-state index contributed by atoms with van der Waals surface area (Å²) in [6.45, 7) is 4.53. The highest BCUT2D eigenvalue weighted by Gasteiger charge is 2.09. The number of ether oxygens (including phenoxy) is 1. The van der Waals surface area contributed by atoms with Crippen LogP contribution in [0.5, 0.6) is 5.75 Å². The zero-order chi connectivity index (χ0) is 11.5. The molecule has 15 heavy (non-hydrogen) atoms. The van der Waals surface area contributed by atoms with Gasteiger partial charge in [-0.05, 0) is 37.1 Å². The maximum atomic E-state index is 11.3. The van der Waals surface area contributed by atoms with Gasteiger partial charge in [-0.15, -0.1) is 0 Å². The van der Waals surface area contributed by atoms with E-state index in [4.69, 9.17) is 4.74 Å². The van der Waals surface area contributed by atoms with Crippen molar-refractivity contribution in [3.05, 3.63) is 23.8 Å². The quantitative estimate of drug-likeness (QED) is 0.793. The van der Waals surface area contributed by atoms with Crippen molar-refractivity contribution in [1.82, 2.24) is 0 Å². The van der Waals surface area contributed by atoms with Gasteiger partial charge in [0.1, 0.15) is 5.75 Å². The van der Waals surface area contributed by atoms with E-state index in [1.165, 1.54) is 6.26 Å². The second kappa shape index (κ2) is 4.66. The van der Waals surface area contributed by atoms with Gasteiger partial charge < -0.3 is 4.74 Å². The molecule has 0 saturated carbocycles. The maximum absolute atomic E-state index is 11.3. The average Bonchev–Trinajstić information content (AvgIpc) is 2.14. The largest absolute Gasteiger partial charge is 0.493 e. The summed E-state index contributed by atoms with van der Waals surface area (Å²) >= 11 is 0. The van der Waals surface area contributed by atoms with E-state index in [9.17, 15) is 8.42 Å². The van der Waals surface area contributed by atoms with E-state index in [1.807, 2.05) is 13.8 Å². The molecule has 0 unspecified atom stereocenters. The zero-order valence-electron chi connectivity index (χ0n) is 9.28. The van der Waals surface area contributed by atoms with E-state index in [0.29, 0.717) is 11.5 Å². The second-order valence-corrected chi connectivity index (χ2v) is 5.56. The number of aryl methyl sites for hydroxylation is 1. The fraction of sp³-hybridized carbons (Fsp3) is 0.455. The third-order valence-electron chi connectivity index (χ3n) is 2.04. The molecular formula is C11H16O3S. The van der Waals surface area contributed by atoms with Gasteiger partial charge in [-0.2, -0.15) is 0 Å². The molecule has 3 nitrogen and oxygen atoms in total. The highest BCUT2D eigenvalue weighted by atomic mass is 32.2. The molecule has 0 N–H and O–H groups in total. The van der Waals surface area contributed by atoms with Crippen LogP contribution in [-0.4, -0.2) is 21.3 Å². The van der Waals surface area contributed by atoms with Crippen LogP contribution in [0.25, 0.3) is 0 Å². The molecule has 84 valence electrons. The molecule has 0 bridgehead atoms. The van der Waals surface area contributed by atoms with Crippen molar-refractivity contribution in [3.8, 4) is 5.75 Å². The third kappa shape index (κ3) is 3.23. The number of rotatable bonds is 4. The van der Waals surface area contributed by atoms with Crippen molar-refractivity contribution in [2.75, 3.05) is 12.9 Å². The van der Waals surface area contributed by atoms with E-state index >= 15 is 0 Å². The van der Waals surface area contributed by atoms with Gasteiger partial charge in [0.15, 0.2) is 9.84 Å². The Morgan fingerprint density at radius 2 is 2.00 bits per heavy atom. The molecule has 0 amide bonds. The second-order valence-electron chi connectivity index (χ2n) is 3.55. The molecule has 0 aliphatic carbocycles. The van der Waals surface area contributed by atoms with E-state index < -0.39 is 9.84 Å². The van der Waals surface area contributed by atoms with E-state index in [-0.39, 0.29) is 0 Å². The van der Waals surface area contributed by atoms with Gasteiger partial charge in [-0.25, -0.2) is 8.42 Å². The molecule has 1 rings (SSSR count). The Morgan fingerprint density at radius 1 is 1.33 bits per heavy atom. The highest BCUT2D eigenvalue weighted by Crippen LogP contribution is 2.21. The summed E-state index contributed by atoms with van der Waals surface area (Å²) in [5.41, 5.74) is 0.853. The lowest BCUT2D eigenvalue weighted by atomic mass is 10.2. The first kappa shape index (κ1) is 12.0. The number of benzene rings is 1. The van der Waals surface area contributed by atoms with Crippen molar-refractivity contribution in [1.29, 1.82) is 0 Å². The van der Waals surface area contributed by atoms with E-state index in [0.717, 1.165) is 17.7 Å². The van der Waals surface area contributed by atoms with Gasteiger partial charge in [0.25, 0.3) is 0 Å². The van der Waals surface area contributed by atoms with Crippen LogP contribution in [0.2, 0.25) is 0 Å². The van der Waals surface area contributed by atoms with Gasteiger partial charge in [-0.1, -0.05) is 6.92 Å².